The van der Waals surface area contributed by atoms with Gasteiger partial charge in [0.1, 0.15) is 17.2 Å². The van der Waals surface area contributed by atoms with E-state index in [1.807, 2.05) is 0 Å². The number of hydrogen-bond donors (Lipinski definition) is 2. The topological polar surface area (TPSA) is 46.2 Å². The summed E-state index contributed by atoms with van der Waals surface area (Å²) in [6.45, 7) is 3.08. The first-order chi connectivity index (χ1) is 7.34. The number of nitrogens with two attached hydrogens (primary N) is 1. The molecule has 1 aromatic rings. The van der Waals surface area contributed by atoms with Crippen LogP contribution < -0.4 is 5.73 Å². The lowest BCUT2D eigenvalue weighted by Crippen LogP contribution is -2.41. The molecule has 0 bridgehead atoms. The molecule has 0 aliphatic carbocycles. The standard InChI is InChI=1S/C11H14BrF2NO/c1-6(2)11(16,5-15)9-8(13)4-3-7(12)10(9)14/h3-4,6,16H,5,15H2,1-2H3. The zero-order chi connectivity index (χ0) is 12.5. The van der Waals surface area contributed by atoms with E-state index < -0.39 is 23.2 Å². The number of rotatable bonds is 3. The monoisotopic (exact) mass is 293 g/mol. The normalized spacial score (nSPS) is 15.2. The highest BCUT2D eigenvalue weighted by atomic mass is 79.9. The zero-order valence-corrected chi connectivity index (χ0v) is 10.7. The van der Waals surface area contributed by atoms with Gasteiger partial charge in [0.2, 0.25) is 0 Å². The minimum atomic E-state index is -1.70. The molecule has 3 N–H and O–H groups in total. The van der Waals surface area contributed by atoms with Crippen LogP contribution in [-0.4, -0.2) is 11.7 Å². The van der Waals surface area contributed by atoms with Crippen molar-refractivity contribution in [1.82, 2.24) is 0 Å². The van der Waals surface area contributed by atoms with Crippen molar-refractivity contribution < 1.29 is 13.9 Å². The Morgan fingerprint density at radius 2 is 2.00 bits per heavy atom. The van der Waals surface area contributed by atoms with Crippen LogP contribution in [0.25, 0.3) is 0 Å². The van der Waals surface area contributed by atoms with Crippen LogP contribution in [0, 0.1) is 17.6 Å². The van der Waals surface area contributed by atoms with Crippen molar-refractivity contribution in [1.29, 1.82) is 0 Å². The van der Waals surface area contributed by atoms with Gasteiger partial charge in [0.15, 0.2) is 0 Å². The quantitative estimate of drug-likeness (QED) is 0.842. The molecule has 5 heteroatoms. The van der Waals surface area contributed by atoms with E-state index >= 15 is 0 Å². The zero-order valence-electron chi connectivity index (χ0n) is 9.10. The molecule has 1 aromatic carbocycles. The Morgan fingerprint density at radius 3 is 2.44 bits per heavy atom. The molecule has 0 saturated carbocycles. The van der Waals surface area contributed by atoms with Gasteiger partial charge in [-0.3, -0.25) is 0 Å². The molecule has 0 aromatic heterocycles. The molecule has 0 saturated heterocycles. The molecule has 0 spiro atoms. The smallest absolute Gasteiger partial charge is 0.146 e. The number of benzene rings is 1. The molecule has 0 aliphatic rings. The minimum Gasteiger partial charge on any atom is -0.383 e. The molecular weight excluding hydrogens is 280 g/mol. The third-order valence-corrected chi connectivity index (χ3v) is 3.36. The van der Waals surface area contributed by atoms with Crippen LogP contribution in [0.3, 0.4) is 0 Å². The molecule has 90 valence electrons. The van der Waals surface area contributed by atoms with E-state index in [1.165, 1.54) is 6.07 Å². The fourth-order valence-electron chi connectivity index (χ4n) is 1.55. The fourth-order valence-corrected chi connectivity index (χ4v) is 1.88. The third-order valence-electron chi connectivity index (χ3n) is 2.74. The lowest BCUT2D eigenvalue weighted by Gasteiger charge is -2.32. The third kappa shape index (κ3) is 2.12. The van der Waals surface area contributed by atoms with E-state index in [9.17, 15) is 13.9 Å². The van der Waals surface area contributed by atoms with E-state index in [0.29, 0.717) is 0 Å². The van der Waals surface area contributed by atoms with Gasteiger partial charge in [0, 0.05) is 6.54 Å². The molecule has 0 radical (unpaired) electrons. The molecule has 1 unspecified atom stereocenters. The Morgan fingerprint density at radius 1 is 1.44 bits per heavy atom. The van der Waals surface area contributed by atoms with Gasteiger partial charge in [-0.2, -0.15) is 0 Å². The Hall–Kier alpha value is -0.520. The number of aliphatic hydroxyl groups is 1. The first-order valence-electron chi connectivity index (χ1n) is 4.91. The van der Waals surface area contributed by atoms with Crippen LogP contribution in [0.4, 0.5) is 8.78 Å². The van der Waals surface area contributed by atoms with Crippen molar-refractivity contribution >= 4 is 15.9 Å². The molecule has 1 rings (SSSR count). The minimum absolute atomic E-state index is 0.108. The van der Waals surface area contributed by atoms with Crippen LogP contribution in [0.15, 0.2) is 16.6 Å². The molecule has 16 heavy (non-hydrogen) atoms. The highest BCUT2D eigenvalue weighted by Gasteiger charge is 2.37. The summed E-state index contributed by atoms with van der Waals surface area (Å²) in [6, 6.07) is 2.36. The second-order valence-electron chi connectivity index (χ2n) is 4.00. The second kappa shape index (κ2) is 4.77. The number of halogens is 3. The average Bonchev–Trinajstić information content (AvgIpc) is 2.23. The van der Waals surface area contributed by atoms with Gasteiger partial charge >= 0.3 is 0 Å². The van der Waals surface area contributed by atoms with E-state index in [2.05, 4.69) is 15.9 Å². The highest BCUT2D eigenvalue weighted by molar-refractivity contribution is 9.10. The summed E-state index contributed by atoms with van der Waals surface area (Å²) in [5.41, 5.74) is 3.36. The second-order valence-corrected chi connectivity index (χ2v) is 4.86. The largest absolute Gasteiger partial charge is 0.383 e. The average molecular weight is 294 g/mol. The summed E-state index contributed by atoms with van der Waals surface area (Å²) >= 11 is 2.96. The van der Waals surface area contributed by atoms with Gasteiger partial charge in [-0.1, -0.05) is 13.8 Å². The maximum Gasteiger partial charge on any atom is 0.146 e. The highest BCUT2D eigenvalue weighted by Crippen LogP contribution is 2.35. The number of hydrogen-bond acceptors (Lipinski definition) is 2. The SMILES string of the molecule is CC(C)C(O)(CN)c1c(F)ccc(Br)c1F. The van der Waals surface area contributed by atoms with Crippen LogP contribution in [-0.2, 0) is 5.60 Å². The summed E-state index contributed by atoms with van der Waals surface area (Å²) in [5.74, 6) is -1.99. The van der Waals surface area contributed by atoms with Gasteiger partial charge in [0.25, 0.3) is 0 Å². The van der Waals surface area contributed by atoms with Gasteiger partial charge in [-0.15, -0.1) is 0 Å². The van der Waals surface area contributed by atoms with Crippen LogP contribution in [0.2, 0.25) is 0 Å². The molecular formula is C11H14BrF2NO. The van der Waals surface area contributed by atoms with E-state index in [1.54, 1.807) is 13.8 Å². The van der Waals surface area contributed by atoms with E-state index in [0.717, 1.165) is 6.07 Å². The van der Waals surface area contributed by atoms with Crippen molar-refractivity contribution in [3.8, 4) is 0 Å². The summed E-state index contributed by atoms with van der Waals surface area (Å²) in [6.07, 6.45) is 0. The van der Waals surface area contributed by atoms with Crippen molar-refractivity contribution in [2.24, 2.45) is 11.7 Å². The molecule has 0 aliphatic heterocycles. The van der Waals surface area contributed by atoms with Crippen molar-refractivity contribution in [3.63, 3.8) is 0 Å². The predicted molar refractivity (Wildman–Crippen MR) is 61.8 cm³/mol. The molecule has 0 fully saturated rings. The maximum absolute atomic E-state index is 13.8. The summed E-state index contributed by atoms with van der Waals surface area (Å²) < 4.78 is 27.5. The molecule has 1 atom stereocenters. The van der Waals surface area contributed by atoms with Crippen molar-refractivity contribution in [2.75, 3.05) is 6.54 Å². The van der Waals surface area contributed by atoms with Crippen LogP contribution in [0.5, 0.6) is 0 Å². The van der Waals surface area contributed by atoms with Gasteiger partial charge < -0.3 is 10.8 Å². The predicted octanol–water partition coefficient (Wildman–Crippen LogP) is 2.53. The first kappa shape index (κ1) is 13.5. The Kier molecular flexibility index (Phi) is 4.04. The lowest BCUT2D eigenvalue weighted by molar-refractivity contribution is -0.00780. The maximum atomic E-state index is 13.8. The first-order valence-corrected chi connectivity index (χ1v) is 5.70. The van der Waals surface area contributed by atoms with E-state index in [-0.39, 0.29) is 16.6 Å². The Bertz CT molecular complexity index is 398. The summed E-state index contributed by atoms with van der Waals surface area (Å²) in [5, 5.41) is 10.2. The lowest BCUT2D eigenvalue weighted by atomic mass is 9.83. The van der Waals surface area contributed by atoms with Crippen LogP contribution in [0.1, 0.15) is 19.4 Å². The van der Waals surface area contributed by atoms with Crippen LogP contribution >= 0.6 is 15.9 Å². The van der Waals surface area contributed by atoms with Crippen molar-refractivity contribution in [3.05, 3.63) is 33.8 Å². The Labute approximate surface area is 102 Å². The van der Waals surface area contributed by atoms with Gasteiger partial charge in [-0.25, -0.2) is 8.78 Å². The molecule has 0 amide bonds. The van der Waals surface area contributed by atoms with E-state index in [4.69, 9.17) is 5.73 Å². The molecule has 0 heterocycles. The van der Waals surface area contributed by atoms with Crippen molar-refractivity contribution in [2.45, 2.75) is 19.4 Å². The molecule has 2 nitrogen and oxygen atoms in total. The van der Waals surface area contributed by atoms with Gasteiger partial charge in [-0.05, 0) is 34.0 Å². The fraction of sp³-hybridized carbons (Fsp3) is 0.455. The Balaban J connectivity index is 3.47. The summed E-state index contributed by atoms with van der Waals surface area (Å²) in [7, 11) is 0. The van der Waals surface area contributed by atoms with Gasteiger partial charge in [0.05, 0.1) is 10.0 Å². The summed E-state index contributed by atoms with van der Waals surface area (Å²) in [4.78, 5) is 0.